The minimum absolute atomic E-state index is 0.00393. The summed E-state index contributed by atoms with van der Waals surface area (Å²) in [5, 5.41) is 18.0. The van der Waals surface area contributed by atoms with Crippen molar-refractivity contribution in [1.82, 2.24) is 29.6 Å². The second-order valence-electron chi connectivity index (χ2n) is 17.0. The number of nitriles is 1. The van der Waals surface area contributed by atoms with Gasteiger partial charge in [-0.3, -0.25) is 9.59 Å². The molecule has 8 rings (SSSR count). The average Bonchev–Trinajstić information content (AvgIpc) is 4.01. The van der Waals surface area contributed by atoms with Crippen LogP contribution >= 0.6 is 0 Å². The molecule has 2 amide bonds. The Hall–Kier alpha value is -5.69. The zero-order valence-electron chi connectivity index (χ0n) is 34.8. The molecule has 0 bridgehead atoms. The number of nitrogens with zero attached hydrogens (tertiary/aromatic N) is 5. The number of benzene rings is 4. The van der Waals surface area contributed by atoms with Gasteiger partial charge in [0.05, 0.1) is 11.6 Å². The maximum absolute atomic E-state index is 13.4. The number of rotatable bonds is 14. The van der Waals surface area contributed by atoms with Crippen LogP contribution < -0.4 is 10.6 Å². The normalized spacial score (nSPS) is 17.7. The minimum Gasteiger partial charge on any atom is -0.353 e. The van der Waals surface area contributed by atoms with Crippen molar-refractivity contribution < 1.29 is 9.59 Å². The number of aryl methyl sites for hydroxylation is 1. The van der Waals surface area contributed by atoms with Gasteiger partial charge in [-0.05, 0) is 142 Å². The number of aromatic nitrogens is 2. The summed E-state index contributed by atoms with van der Waals surface area (Å²) in [6, 6.07) is 34.3. The number of hydrogen-bond donors (Lipinski definition) is 2. The smallest absolute Gasteiger partial charge is 0.240 e. The van der Waals surface area contributed by atoms with Crippen molar-refractivity contribution in [3.05, 3.63) is 120 Å². The van der Waals surface area contributed by atoms with E-state index in [-0.39, 0.29) is 24.4 Å². The quantitative estimate of drug-likeness (QED) is 0.116. The lowest BCUT2D eigenvalue weighted by atomic mass is 9.79. The molecule has 6 aromatic rings. The molecule has 2 aromatic heterocycles. The van der Waals surface area contributed by atoms with Crippen molar-refractivity contribution in [2.24, 2.45) is 0 Å². The fraction of sp³-hybridized carbons (Fsp3) is 0.380. The van der Waals surface area contributed by atoms with Crippen molar-refractivity contribution in [1.29, 1.82) is 5.26 Å². The monoisotopic (exact) mass is 787 g/mol. The number of carbonyl (C=O) groups is 2. The fourth-order valence-corrected chi connectivity index (χ4v) is 9.44. The van der Waals surface area contributed by atoms with E-state index in [9.17, 15) is 14.9 Å². The Morgan fingerprint density at radius 3 is 2.25 bits per heavy atom. The van der Waals surface area contributed by atoms with E-state index in [2.05, 4.69) is 119 Å². The average molecular weight is 788 g/mol. The van der Waals surface area contributed by atoms with Crippen LogP contribution in [0.3, 0.4) is 0 Å². The van der Waals surface area contributed by atoms with Crippen LogP contribution in [0.15, 0.2) is 103 Å². The maximum atomic E-state index is 13.4. The minimum atomic E-state index is -0.00393. The van der Waals surface area contributed by atoms with Crippen molar-refractivity contribution in [3.8, 4) is 28.3 Å². The molecule has 3 atom stereocenters. The van der Waals surface area contributed by atoms with E-state index in [1.54, 1.807) is 0 Å². The molecule has 3 unspecified atom stereocenters. The molecule has 2 N–H and O–H groups in total. The van der Waals surface area contributed by atoms with Crippen LogP contribution in [0, 0.1) is 18.3 Å². The van der Waals surface area contributed by atoms with E-state index < -0.39 is 0 Å². The molecule has 1 aliphatic heterocycles. The topological polar surface area (TPSA) is 98.3 Å². The summed E-state index contributed by atoms with van der Waals surface area (Å²) in [6.45, 7) is 9.30. The molecular formula is C50H57N7O2. The number of carbonyl (C=O) groups excluding carboxylic acids is 2. The number of hydrogen-bond acceptors (Lipinski definition) is 5. The molecule has 304 valence electrons. The summed E-state index contributed by atoms with van der Waals surface area (Å²) in [5.74, 6) is 0.439. The Kier molecular flexibility index (Phi) is 12.3. The summed E-state index contributed by atoms with van der Waals surface area (Å²) in [5.41, 5.74) is 9.83. The lowest BCUT2D eigenvalue weighted by Crippen LogP contribution is -2.42. The fourth-order valence-electron chi connectivity index (χ4n) is 9.44. The first-order chi connectivity index (χ1) is 28.7. The molecule has 9 heteroatoms. The van der Waals surface area contributed by atoms with Gasteiger partial charge in [-0.25, -0.2) is 0 Å². The second-order valence-corrected chi connectivity index (χ2v) is 17.0. The van der Waals surface area contributed by atoms with Crippen molar-refractivity contribution >= 4 is 33.6 Å². The van der Waals surface area contributed by atoms with Gasteiger partial charge in [0, 0.05) is 60.5 Å². The zero-order chi connectivity index (χ0) is 40.9. The molecular weight excluding hydrogens is 731 g/mol. The lowest BCUT2D eigenvalue weighted by molar-refractivity contribution is -0.122. The number of likely N-dealkylation sites (N-methyl/N-ethyl adjacent to an activating group) is 1. The van der Waals surface area contributed by atoms with E-state index >= 15 is 0 Å². The maximum Gasteiger partial charge on any atom is 0.240 e. The summed E-state index contributed by atoms with van der Waals surface area (Å²) in [7, 11) is 2.20. The molecule has 1 saturated carbocycles. The highest BCUT2D eigenvalue weighted by Crippen LogP contribution is 2.40. The standard InChI is InChI=1S/C50H57N7O2/c1-35-9-13-39(14-10-35)43-28-46(45-20-25-57(48(45)30-43)34-50(59)53-36(2)32-55-22-4-5-23-55)42-7-6-8-44(27-42)54(3)26-21-52-49(58)33-56-24-19-40-17-18-41(29-47(40)56)38-15-11-37(31-51)12-16-38/h9-20,24-25,28-30,36,42,44H,4-8,21-23,26-27,32-34H2,1-3H3,(H,52,58)(H,53,59). The van der Waals surface area contributed by atoms with Gasteiger partial charge in [0.15, 0.2) is 0 Å². The van der Waals surface area contributed by atoms with Crippen LogP contribution in [0.2, 0.25) is 0 Å². The second kappa shape index (κ2) is 18.1. The summed E-state index contributed by atoms with van der Waals surface area (Å²) in [4.78, 5) is 31.5. The number of amides is 2. The molecule has 3 heterocycles. The van der Waals surface area contributed by atoms with Crippen LogP contribution in [-0.2, 0) is 22.7 Å². The summed E-state index contributed by atoms with van der Waals surface area (Å²) < 4.78 is 4.14. The largest absolute Gasteiger partial charge is 0.353 e. The Morgan fingerprint density at radius 1 is 0.797 bits per heavy atom. The predicted octanol–water partition coefficient (Wildman–Crippen LogP) is 8.49. The van der Waals surface area contributed by atoms with Crippen molar-refractivity contribution in [3.63, 3.8) is 0 Å². The predicted molar refractivity (Wildman–Crippen MR) is 238 cm³/mol. The first-order valence-electron chi connectivity index (χ1n) is 21.5. The highest BCUT2D eigenvalue weighted by molar-refractivity contribution is 5.91. The molecule has 2 fully saturated rings. The van der Waals surface area contributed by atoms with Crippen molar-refractivity contribution in [2.45, 2.75) is 83.5 Å². The van der Waals surface area contributed by atoms with Gasteiger partial charge in [0.1, 0.15) is 13.1 Å². The van der Waals surface area contributed by atoms with Gasteiger partial charge in [0.25, 0.3) is 0 Å². The van der Waals surface area contributed by atoms with Crippen LogP contribution in [0.1, 0.15) is 68.1 Å². The number of nitrogens with one attached hydrogen (secondary N) is 2. The molecule has 9 nitrogen and oxygen atoms in total. The van der Waals surface area contributed by atoms with E-state index in [1.807, 2.05) is 41.1 Å². The highest BCUT2D eigenvalue weighted by Gasteiger charge is 2.28. The highest BCUT2D eigenvalue weighted by atomic mass is 16.2. The zero-order valence-corrected chi connectivity index (χ0v) is 34.8. The van der Waals surface area contributed by atoms with E-state index in [4.69, 9.17) is 0 Å². The van der Waals surface area contributed by atoms with Crippen LogP contribution in [0.4, 0.5) is 0 Å². The van der Waals surface area contributed by atoms with Gasteiger partial charge in [-0.2, -0.15) is 5.26 Å². The Morgan fingerprint density at radius 2 is 1.47 bits per heavy atom. The first kappa shape index (κ1) is 40.1. The first-order valence-corrected chi connectivity index (χ1v) is 21.5. The molecule has 2 aliphatic rings. The number of fused-ring (bicyclic) bond motifs is 2. The van der Waals surface area contributed by atoms with Crippen molar-refractivity contribution in [2.75, 3.05) is 39.8 Å². The molecule has 1 saturated heterocycles. The van der Waals surface area contributed by atoms with Crippen LogP contribution in [0.25, 0.3) is 44.1 Å². The Bertz CT molecular complexity index is 2450. The van der Waals surface area contributed by atoms with E-state index in [1.165, 1.54) is 40.5 Å². The van der Waals surface area contributed by atoms with E-state index in [0.29, 0.717) is 30.6 Å². The van der Waals surface area contributed by atoms with Gasteiger partial charge in [-0.1, -0.05) is 66.6 Å². The van der Waals surface area contributed by atoms with Crippen LogP contribution in [0.5, 0.6) is 0 Å². The van der Waals surface area contributed by atoms with Crippen LogP contribution in [-0.4, -0.2) is 82.6 Å². The summed E-state index contributed by atoms with van der Waals surface area (Å²) >= 11 is 0. The summed E-state index contributed by atoms with van der Waals surface area (Å²) in [6.07, 6.45) is 11.0. The molecule has 1 aliphatic carbocycles. The Balaban J connectivity index is 0.917. The molecule has 0 spiro atoms. The molecule has 59 heavy (non-hydrogen) atoms. The molecule has 4 aromatic carbocycles. The Labute approximate surface area is 348 Å². The third-order valence-electron chi connectivity index (χ3n) is 12.7. The van der Waals surface area contributed by atoms with Gasteiger partial charge >= 0.3 is 0 Å². The third kappa shape index (κ3) is 9.46. The number of likely N-dealkylation sites (tertiary alicyclic amines) is 1. The lowest BCUT2D eigenvalue weighted by Gasteiger charge is -2.36. The molecule has 0 radical (unpaired) electrons. The van der Waals surface area contributed by atoms with Gasteiger partial charge in [0.2, 0.25) is 11.8 Å². The van der Waals surface area contributed by atoms with Gasteiger partial charge < -0.3 is 29.6 Å². The third-order valence-corrected chi connectivity index (χ3v) is 12.7. The van der Waals surface area contributed by atoms with E-state index in [0.717, 1.165) is 79.4 Å². The van der Waals surface area contributed by atoms with Gasteiger partial charge in [-0.15, -0.1) is 0 Å². The SMILES string of the molecule is Cc1ccc(-c2cc(C3CCCC(N(C)CCNC(=O)Cn4ccc5ccc(-c6ccc(C#N)cc6)cc54)C3)c3ccn(CC(=O)NC(C)CN4CCCC4)c3c2)cc1.